The Morgan fingerprint density at radius 3 is 2.36 bits per heavy atom. The fourth-order valence-electron chi connectivity index (χ4n) is 3.19. The number of aromatic nitrogens is 1. The maximum Gasteiger partial charge on any atom is 0.255 e. The smallest absolute Gasteiger partial charge is 0.255 e. The van der Waals surface area contributed by atoms with Crippen LogP contribution in [0.5, 0.6) is 0 Å². The van der Waals surface area contributed by atoms with Gasteiger partial charge in [-0.25, -0.2) is 4.98 Å². The molecular formula is C20H26N4O. The summed E-state index contributed by atoms with van der Waals surface area (Å²) in [5, 5.41) is 0. The van der Waals surface area contributed by atoms with Gasteiger partial charge in [0.15, 0.2) is 0 Å². The number of anilines is 2. The van der Waals surface area contributed by atoms with E-state index in [2.05, 4.69) is 41.9 Å². The molecule has 5 heteroatoms. The molecule has 0 atom stereocenters. The predicted octanol–water partition coefficient (Wildman–Crippen LogP) is 2.73. The molecule has 0 radical (unpaired) electrons. The highest BCUT2D eigenvalue weighted by molar-refractivity contribution is 5.94. The molecule has 1 aliphatic rings. The third-order valence-corrected chi connectivity index (χ3v) is 4.94. The standard InChI is InChI=1S/C20H26N4O/c1-15-6-5-7-18(16(15)2)23-10-12-24(13-11-23)20(25)17-8-9-19(21-14-17)22(3)4/h5-9,14H,10-13H2,1-4H3. The van der Waals surface area contributed by atoms with E-state index in [9.17, 15) is 4.79 Å². The minimum absolute atomic E-state index is 0.0680. The van der Waals surface area contributed by atoms with Crippen molar-refractivity contribution in [1.29, 1.82) is 0 Å². The van der Waals surface area contributed by atoms with E-state index in [1.807, 2.05) is 36.0 Å². The van der Waals surface area contributed by atoms with Crippen molar-refractivity contribution in [1.82, 2.24) is 9.88 Å². The highest BCUT2D eigenvalue weighted by Crippen LogP contribution is 2.24. The fourth-order valence-corrected chi connectivity index (χ4v) is 3.19. The molecule has 1 aliphatic heterocycles. The van der Waals surface area contributed by atoms with Gasteiger partial charge in [-0.2, -0.15) is 0 Å². The van der Waals surface area contributed by atoms with Crippen molar-refractivity contribution in [2.75, 3.05) is 50.1 Å². The van der Waals surface area contributed by atoms with Crippen LogP contribution in [0.25, 0.3) is 0 Å². The lowest BCUT2D eigenvalue weighted by Gasteiger charge is -2.37. The largest absolute Gasteiger partial charge is 0.368 e. The zero-order valence-corrected chi connectivity index (χ0v) is 15.5. The Labute approximate surface area is 149 Å². The number of aryl methyl sites for hydroxylation is 1. The molecule has 132 valence electrons. The Morgan fingerprint density at radius 1 is 1.04 bits per heavy atom. The molecule has 0 unspecified atom stereocenters. The Balaban J connectivity index is 1.65. The molecule has 1 saturated heterocycles. The van der Waals surface area contributed by atoms with Gasteiger partial charge in [0.1, 0.15) is 5.82 Å². The van der Waals surface area contributed by atoms with Gasteiger partial charge in [0, 0.05) is 52.2 Å². The maximum absolute atomic E-state index is 12.7. The zero-order chi connectivity index (χ0) is 18.0. The van der Waals surface area contributed by atoms with E-state index in [1.165, 1.54) is 16.8 Å². The molecule has 0 bridgehead atoms. The molecule has 2 aromatic rings. The molecule has 25 heavy (non-hydrogen) atoms. The van der Waals surface area contributed by atoms with Gasteiger partial charge in [0.25, 0.3) is 5.91 Å². The quantitative estimate of drug-likeness (QED) is 0.863. The molecule has 5 nitrogen and oxygen atoms in total. The normalized spacial score (nSPS) is 14.6. The van der Waals surface area contributed by atoms with Gasteiger partial charge in [-0.3, -0.25) is 4.79 Å². The van der Waals surface area contributed by atoms with Crippen LogP contribution >= 0.6 is 0 Å². The molecule has 2 heterocycles. The van der Waals surface area contributed by atoms with Gasteiger partial charge in [-0.15, -0.1) is 0 Å². The summed E-state index contributed by atoms with van der Waals surface area (Å²) in [6, 6.07) is 10.2. The molecule has 0 N–H and O–H groups in total. The molecule has 3 rings (SSSR count). The summed E-state index contributed by atoms with van der Waals surface area (Å²) in [6.07, 6.45) is 1.68. The lowest BCUT2D eigenvalue weighted by atomic mass is 10.1. The minimum Gasteiger partial charge on any atom is -0.368 e. The van der Waals surface area contributed by atoms with Crippen LogP contribution in [0.1, 0.15) is 21.5 Å². The summed E-state index contributed by atoms with van der Waals surface area (Å²) in [6.45, 7) is 7.50. The number of rotatable bonds is 3. The first-order valence-corrected chi connectivity index (χ1v) is 8.71. The molecule has 1 aromatic carbocycles. The summed E-state index contributed by atoms with van der Waals surface area (Å²) in [4.78, 5) is 23.3. The minimum atomic E-state index is 0.0680. The Kier molecular flexibility index (Phi) is 4.93. The van der Waals surface area contributed by atoms with Crippen molar-refractivity contribution in [3.05, 3.63) is 53.2 Å². The van der Waals surface area contributed by atoms with Crippen molar-refractivity contribution in [3.63, 3.8) is 0 Å². The topological polar surface area (TPSA) is 39.7 Å². The molecule has 1 fully saturated rings. The van der Waals surface area contributed by atoms with Crippen LogP contribution < -0.4 is 9.80 Å². The average Bonchev–Trinajstić information content (AvgIpc) is 2.64. The average molecular weight is 338 g/mol. The van der Waals surface area contributed by atoms with Crippen LogP contribution in [-0.4, -0.2) is 56.1 Å². The zero-order valence-electron chi connectivity index (χ0n) is 15.5. The van der Waals surface area contributed by atoms with Gasteiger partial charge in [0.2, 0.25) is 0 Å². The monoisotopic (exact) mass is 338 g/mol. The van der Waals surface area contributed by atoms with E-state index in [0.717, 1.165) is 32.0 Å². The van der Waals surface area contributed by atoms with E-state index in [4.69, 9.17) is 0 Å². The summed E-state index contributed by atoms with van der Waals surface area (Å²) in [5.74, 6) is 0.926. The second kappa shape index (κ2) is 7.13. The number of benzene rings is 1. The summed E-state index contributed by atoms with van der Waals surface area (Å²) < 4.78 is 0. The highest BCUT2D eigenvalue weighted by Gasteiger charge is 2.23. The van der Waals surface area contributed by atoms with Crippen molar-refractivity contribution in [3.8, 4) is 0 Å². The van der Waals surface area contributed by atoms with Crippen LogP contribution in [0.3, 0.4) is 0 Å². The van der Waals surface area contributed by atoms with Crippen LogP contribution in [0, 0.1) is 13.8 Å². The number of piperazine rings is 1. The first-order valence-electron chi connectivity index (χ1n) is 8.71. The Morgan fingerprint density at radius 2 is 1.76 bits per heavy atom. The van der Waals surface area contributed by atoms with Gasteiger partial charge in [-0.1, -0.05) is 12.1 Å². The molecule has 1 aromatic heterocycles. The molecule has 1 amide bonds. The predicted molar refractivity (Wildman–Crippen MR) is 103 cm³/mol. The number of carbonyl (C=O) groups excluding carboxylic acids is 1. The van der Waals surface area contributed by atoms with E-state index in [1.54, 1.807) is 6.20 Å². The molecule has 0 spiro atoms. The van der Waals surface area contributed by atoms with Crippen molar-refractivity contribution < 1.29 is 4.79 Å². The molecule has 0 saturated carbocycles. The first kappa shape index (κ1) is 17.3. The van der Waals surface area contributed by atoms with E-state index in [0.29, 0.717) is 5.56 Å². The summed E-state index contributed by atoms with van der Waals surface area (Å²) >= 11 is 0. The van der Waals surface area contributed by atoms with E-state index in [-0.39, 0.29) is 5.91 Å². The fraction of sp³-hybridized carbons (Fsp3) is 0.400. The number of carbonyl (C=O) groups is 1. The third kappa shape index (κ3) is 3.60. The van der Waals surface area contributed by atoms with Gasteiger partial charge >= 0.3 is 0 Å². The molecular weight excluding hydrogens is 312 g/mol. The second-order valence-corrected chi connectivity index (χ2v) is 6.80. The van der Waals surface area contributed by atoms with Crippen LogP contribution in [-0.2, 0) is 0 Å². The van der Waals surface area contributed by atoms with Crippen LogP contribution in [0.2, 0.25) is 0 Å². The van der Waals surface area contributed by atoms with Gasteiger partial charge in [0.05, 0.1) is 5.56 Å². The number of pyridine rings is 1. The summed E-state index contributed by atoms with van der Waals surface area (Å²) in [7, 11) is 3.88. The van der Waals surface area contributed by atoms with E-state index >= 15 is 0 Å². The van der Waals surface area contributed by atoms with Crippen molar-refractivity contribution >= 4 is 17.4 Å². The lowest BCUT2D eigenvalue weighted by Crippen LogP contribution is -2.49. The highest BCUT2D eigenvalue weighted by atomic mass is 16.2. The van der Waals surface area contributed by atoms with Gasteiger partial charge < -0.3 is 14.7 Å². The number of nitrogens with zero attached hydrogens (tertiary/aromatic N) is 4. The summed E-state index contributed by atoms with van der Waals surface area (Å²) in [5.41, 5.74) is 4.57. The van der Waals surface area contributed by atoms with E-state index < -0.39 is 0 Å². The van der Waals surface area contributed by atoms with Crippen molar-refractivity contribution in [2.45, 2.75) is 13.8 Å². The number of hydrogen-bond donors (Lipinski definition) is 0. The Hall–Kier alpha value is -2.56. The number of amides is 1. The van der Waals surface area contributed by atoms with Crippen molar-refractivity contribution in [2.24, 2.45) is 0 Å². The van der Waals surface area contributed by atoms with Crippen LogP contribution in [0.4, 0.5) is 11.5 Å². The van der Waals surface area contributed by atoms with Crippen LogP contribution in [0.15, 0.2) is 36.5 Å². The maximum atomic E-state index is 12.7. The number of hydrogen-bond acceptors (Lipinski definition) is 4. The lowest BCUT2D eigenvalue weighted by molar-refractivity contribution is 0.0746. The Bertz CT molecular complexity index is 747. The SMILES string of the molecule is Cc1cccc(N2CCN(C(=O)c3ccc(N(C)C)nc3)CC2)c1C. The van der Waals surface area contributed by atoms with Gasteiger partial charge in [-0.05, 0) is 43.2 Å². The second-order valence-electron chi connectivity index (χ2n) is 6.80. The first-order chi connectivity index (χ1) is 12.0. The molecule has 0 aliphatic carbocycles. The third-order valence-electron chi connectivity index (χ3n) is 4.94.